The minimum Gasteiger partial charge on any atom is -0.328 e. The van der Waals surface area contributed by atoms with Gasteiger partial charge in [0.1, 0.15) is 0 Å². The average molecular weight is 241 g/mol. The molecule has 2 aromatic rings. The quantitative estimate of drug-likeness (QED) is 0.898. The molecule has 1 aromatic heterocycles. The lowest BCUT2D eigenvalue weighted by Crippen LogP contribution is -2.38. The Labute approximate surface area is 108 Å². The highest BCUT2D eigenvalue weighted by atomic mass is 15.1. The topological polar surface area (TPSA) is 43.8 Å². The molecule has 0 atom stereocenters. The number of nitrogens with two attached hydrogens (primary N) is 1. The van der Waals surface area contributed by atoms with Gasteiger partial charge in [-0.1, -0.05) is 43.2 Å². The molecule has 2 N–H and O–H groups in total. The Hall–Kier alpha value is -1.61. The second-order valence-electron chi connectivity index (χ2n) is 5.15. The zero-order valence-corrected chi connectivity index (χ0v) is 10.5. The van der Waals surface area contributed by atoms with E-state index in [0.717, 1.165) is 0 Å². The zero-order chi connectivity index (χ0) is 12.4. The van der Waals surface area contributed by atoms with Crippen LogP contribution in [0.3, 0.4) is 0 Å². The Morgan fingerprint density at radius 2 is 1.89 bits per heavy atom. The molecule has 3 rings (SSSR count). The lowest BCUT2D eigenvalue weighted by atomic mass is 9.96. The van der Waals surface area contributed by atoms with Crippen LogP contribution < -0.4 is 5.73 Å². The smallest absolute Gasteiger partial charge is 0.0956 e. The monoisotopic (exact) mass is 241 g/mol. The average Bonchev–Trinajstić information content (AvgIpc) is 3.09. The molecule has 0 spiro atoms. The fourth-order valence-electron chi connectivity index (χ4n) is 3.07. The lowest BCUT2D eigenvalue weighted by molar-refractivity contribution is 0.307. The van der Waals surface area contributed by atoms with Crippen LogP contribution in [-0.4, -0.2) is 16.1 Å². The van der Waals surface area contributed by atoms with E-state index in [9.17, 15) is 0 Å². The van der Waals surface area contributed by atoms with Gasteiger partial charge in [-0.3, -0.25) is 0 Å². The van der Waals surface area contributed by atoms with Gasteiger partial charge in [0.15, 0.2) is 0 Å². The Kier molecular flexibility index (Phi) is 2.92. The van der Waals surface area contributed by atoms with E-state index in [4.69, 9.17) is 5.73 Å². The summed E-state index contributed by atoms with van der Waals surface area (Å²) >= 11 is 0. The van der Waals surface area contributed by atoms with Crippen LogP contribution in [0, 0.1) is 0 Å². The largest absolute Gasteiger partial charge is 0.328 e. The molecule has 0 amide bonds. The highest BCUT2D eigenvalue weighted by Gasteiger charge is 2.35. The van der Waals surface area contributed by atoms with Crippen LogP contribution in [0.15, 0.2) is 42.9 Å². The van der Waals surface area contributed by atoms with Crippen LogP contribution in [-0.2, 0) is 5.54 Å². The van der Waals surface area contributed by atoms with Gasteiger partial charge in [-0.25, -0.2) is 4.98 Å². The van der Waals surface area contributed by atoms with Gasteiger partial charge in [0.05, 0.1) is 23.8 Å². The summed E-state index contributed by atoms with van der Waals surface area (Å²) in [6.07, 6.45) is 8.76. The van der Waals surface area contributed by atoms with Crippen molar-refractivity contribution < 1.29 is 0 Å². The predicted molar refractivity (Wildman–Crippen MR) is 73.2 cm³/mol. The zero-order valence-electron chi connectivity index (χ0n) is 10.5. The van der Waals surface area contributed by atoms with Gasteiger partial charge in [-0.05, 0) is 18.4 Å². The Morgan fingerprint density at radius 3 is 2.56 bits per heavy atom. The first kappa shape index (κ1) is 11.5. The summed E-state index contributed by atoms with van der Waals surface area (Å²) in [5, 5.41) is 0. The normalized spacial score (nSPS) is 18.1. The summed E-state index contributed by atoms with van der Waals surface area (Å²) in [4.78, 5) is 4.34. The molecule has 1 aliphatic carbocycles. The second-order valence-corrected chi connectivity index (χ2v) is 5.15. The maximum atomic E-state index is 6.06. The van der Waals surface area contributed by atoms with Gasteiger partial charge in [0.2, 0.25) is 0 Å². The van der Waals surface area contributed by atoms with Crippen LogP contribution in [0.4, 0.5) is 0 Å². The van der Waals surface area contributed by atoms with Crippen LogP contribution in [0.2, 0.25) is 0 Å². The number of hydrogen-bond acceptors (Lipinski definition) is 2. The first-order chi connectivity index (χ1) is 8.86. The van der Waals surface area contributed by atoms with E-state index < -0.39 is 0 Å². The molecular formula is C15H19N3. The highest BCUT2D eigenvalue weighted by Crippen LogP contribution is 2.38. The summed E-state index contributed by atoms with van der Waals surface area (Å²) in [6.45, 7) is 0.698. The molecule has 1 fully saturated rings. The molecule has 0 aliphatic heterocycles. The third-order valence-corrected chi connectivity index (χ3v) is 4.13. The van der Waals surface area contributed by atoms with E-state index in [2.05, 4.69) is 33.8 Å². The van der Waals surface area contributed by atoms with E-state index in [-0.39, 0.29) is 5.54 Å². The third-order valence-electron chi connectivity index (χ3n) is 4.13. The molecular weight excluding hydrogens is 222 g/mol. The van der Waals surface area contributed by atoms with Gasteiger partial charge < -0.3 is 10.3 Å². The molecule has 1 aromatic carbocycles. The second kappa shape index (κ2) is 4.58. The van der Waals surface area contributed by atoms with E-state index in [1.54, 1.807) is 0 Å². The SMILES string of the molecule is NCC1(n2cncc2-c2ccccc2)CCCC1. The molecule has 18 heavy (non-hydrogen) atoms. The standard InChI is InChI=1S/C15H19N3/c16-11-15(8-4-5-9-15)18-12-17-10-14(18)13-6-2-1-3-7-13/h1-3,6-7,10,12H,4-5,8-9,11,16H2. The van der Waals surface area contributed by atoms with Gasteiger partial charge in [0, 0.05) is 6.54 Å². The number of imidazole rings is 1. The molecule has 1 heterocycles. The van der Waals surface area contributed by atoms with Gasteiger partial charge in [-0.15, -0.1) is 0 Å². The number of hydrogen-bond donors (Lipinski definition) is 1. The van der Waals surface area contributed by atoms with Crippen LogP contribution in [0.5, 0.6) is 0 Å². The summed E-state index contributed by atoms with van der Waals surface area (Å²) in [5.74, 6) is 0. The molecule has 0 unspecified atom stereocenters. The van der Waals surface area contributed by atoms with E-state index in [0.29, 0.717) is 6.54 Å². The number of rotatable bonds is 3. The van der Waals surface area contributed by atoms with Crippen molar-refractivity contribution in [3.05, 3.63) is 42.9 Å². The molecule has 3 nitrogen and oxygen atoms in total. The Morgan fingerprint density at radius 1 is 1.17 bits per heavy atom. The van der Waals surface area contributed by atoms with Crippen molar-refractivity contribution in [2.75, 3.05) is 6.54 Å². The van der Waals surface area contributed by atoms with Gasteiger partial charge in [-0.2, -0.15) is 0 Å². The molecule has 1 aliphatic rings. The van der Waals surface area contributed by atoms with Crippen molar-refractivity contribution in [2.24, 2.45) is 5.73 Å². The maximum Gasteiger partial charge on any atom is 0.0956 e. The molecule has 0 saturated heterocycles. The number of aromatic nitrogens is 2. The van der Waals surface area contributed by atoms with Crippen LogP contribution in [0.25, 0.3) is 11.3 Å². The van der Waals surface area contributed by atoms with Crippen molar-refractivity contribution in [1.82, 2.24) is 9.55 Å². The predicted octanol–water partition coefficient (Wildman–Crippen LogP) is 2.78. The third kappa shape index (κ3) is 1.75. The van der Waals surface area contributed by atoms with Crippen molar-refractivity contribution in [3.63, 3.8) is 0 Å². The van der Waals surface area contributed by atoms with Crippen LogP contribution >= 0.6 is 0 Å². The van der Waals surface area contributed by atoms with Gasteiger partial charge in [0.25, 0.3) is 0 Å². The fraction of sp³-hybridized carbons (Fsp3) is 0.400. The van der Waals surface area contributed by atoms with Crippen LogP contribution in [0.1, 0.15) is 25.7 Å². The van der Waals surface area contributed by atoms with E-state index in [1.165, 1.54) is 36.9 Å². The lowest BCUT2D eigenvalue weighted by Gasteiger charge is -2.31. The summed E-state index contributed by atoms with van der Waals surface area (Å²) in [6, 6.07) is 10.4. The first-order valence-corrected chi connectivity index (χ1v) is 6.64. The molecule has 0 radical (unpaired) electrons. The molecule has 94 valence electrons. The summed E-state index contributed by atoms with van der Waals surface area (Å²) in [5.41, 5.74) is 8.54. The van der Waals surface area contributed by atoms with Gasteiger partial charge >= 0.3 is 0 Å². The fourth-order valence-corrected chi connectivity index (χ4v) is 3.07. The highest BCUT2D eigenvalue weighted by molar-refractivity contribution is 5.59. The van der Waals surface area contributed by atoms with Crippen molar-refractivity contribution in [3.8, 4) is 11.3 Å². The number of benzene rings is 1. The minimum absolute atomic E-state index is 0.0850. The molecule has 3 heteroatoms. The summed E-state index contributed by atoms with van der Waals surface area (Å²) in [7, 11) is 0. The maximum absolute atomic E-state index is 6.06. The minimum atomic E-state index is 0.0850. The van der Waals surface area contributed by atoms with E-state index in [1.807, 2.05) is 18.6 Å². The van der Waals surface area contributed by atoms with Crippen molar-refractivity contribution in [1.29, 1.82) is 0 Å². The molecule has 1 saturated carbocycles. The molecule has 0 bridgehead atoms. The van der Waals surface area contributed by atoms with Crippen molar-refractivity contribution in [2.45, 2.75) is 31.2 Å². The van der Waals surface area contributed by atoms with Crippen molar-refractivity contribution >= 4 is 0 Å². The Bertz CT molecular complexity index is 510. The first-order valence-electron chi connectivity index (χ1n) is 6.64. The number of nitrogens with zero attached hydrogens (tertiary/aromatic N) is 2. The summed E-state index contributed by atoms with van der Waals surface area (Å²) < 4.78 is 2.30. The Balaban J connectivity index is 2.06. The van der Waals surface area contributed by atoms with E-state index >= 15 is 0 Å².